The number of nitrogens with zero attached hydrogens (tertiary/aromatic N) is 5. The van der Waals surface area contributed by atoms with Crippen molar-refractivity contribution in [1.29, 1.82) is 0 Å². The number of carbonyl (C=O) groups is 1. The van der Waals surface area contributed by atoms with Gasteiger partial charge in [0.15, 0.2) is 5.82 Å². The lowest BCUT2D eigenvalue weighted by molar-refractivity contribution is -0.120. The lowest BCUT2D eigenvalue weighted by atomic mass is 9.74. The molecule has 1 amide bonds. The van der Waals surface area contributed by atoms with Gasteiger partial charge in [-0.2, -0.15) is 4.68 Å². The Hall–Kier alpha value is -2.32. The van der Waals surface area contributed by atoms with E-state index in [1.165, 1.54) is 0 Å². The highest BCUT2D eigenvalue weighted by molar-refractivity contribution is 9.10. The molecule has 3 aromatic rings. The van der Waals surface area contributed by atoms with Crippen molar-refractivity contribution in [3.8, 4) is 5.69 Å². The van der Waals surface area contributed by atoms with Gasteiger partial charge in [0.2, 0.25) is 5.91 Å². The summed E-state index contributed by atoms with van der Waals surface area (Å²) in [7, 11) is 0. The number of carbonyl (C=O) groups excluding carboxylic acids is 1. The molecule has 2 N–H and O–H groups in total. The summed E-state index contributed by atoms with van der Waals surface area (Å²) >= 11 is 10.0. The lowest BCUT2D eigenvalue weighted by Gasteiger charge is -2.30. The molecule has 4 rings (SSSR count). The van der Waals surface area contributed by atoms with Crippen LogP contribution in [0, 0.1) is 12.8 Å². The first-order chi connectivity index (χ1) is 14.5. The molecule has 2 aromatic heterocycles. The van der Waals surface area contributed by atoms with E-state index in [2.05, 4.69) is 36.4 Å². The van der Waals surface area contributed by atoms with Gasteiger partial charge >= 0.3 is 0 Å². The van der Waals surface area contributed by atoms with E-state index >= 15 is 0 Å². The molecule has 156 valence electrons. The predicted molar refractivity (Wildman–Crippen MR) is 117 cm³/mol. The molecule has 1 saturated carbocycles. The zero-order chi connectivity index (χ0) is 21.3. The number of benzene rings is 1. The Morgan fingerprint density at radius 3 is 2.60 bits per heavy atom. The van der Waals surface area contributed by atoms with Gasteiger partial charge in [-0.25, -0.2) is 0 Å². The highest BCUT2D eigenvalue weighted by Gasteiger charge is 2.38. The van der Waals surface area contributed by atoms with Crippen molar-refractivity contribution in [3.63, 3.8) is 0 Å². The van der Waals surface area contributed by atoms with Crippen molar-refractivity contribution < 1.29 is 4.79 Å². The summed E-state index contributed by atoms with van der Waals surface area (Å²) in [5.74, 6) is -0.0347. The van der Waals surface area contributed by atoms with Crippen LogP contribution >= 0.6 is 27.5 Å². The van der Waals surface area contributed by atoms with E-state index in [0.717, 1.165) is 41.4 Å². The number of hydrogen-bond donors (Lipinski definition) is 1. The average Bonchev–Trinajstić information content (AvgIpc) is 3.38. The number of aromatic nitrogens is 5. The fraction of sp³-hybridized carbons (Fsp3) is 0.381. The van der Waals surface area contributed by atoms with Gasteiger partial charge in [-0.15, -0.1) is 5.10 Å². The van der Waals surface area contributed by atoms with Crippen molar-refractivity contribution in [3.05, 3.63) is 63.1 Å². The van der Waals surface area contributed by atoms with Gasteiger partial charge in [0.1, 0.15) is 0 Å². The number of halogens is 2. The van der Waals surface area contributed by atoms with Crippen LogP contribution in [0.5, 0.6) is 0 Å². The summed E-state index contributed by atoms with van der Waals surface area (Å²) in [5.41, 5.74) is 8.27. The number of nitrogens with two attached hydrogens (primary N) is 1. The van der Waals surface area contributed by atoms with E-state index in [1.54, 1.807) is 23.9 Å². The summed E-state index contributed by atoms with van der Waals surface area (Å²) in [6.07, 6.45) is 6.19. The summed E-state index contributed by atoms with van der Waals surface area (Å²) in [5, 5.41) is 12.0. The minimum absolute atomic E-state index is 0.102. The van der Waals surface area contributed by atoms with Crippen LogP contribution in [0.1, 0.15) is 54.6 Å². The first-order valence-electron chi connectivity index (χ1n) is 9.91. The molecule has 2 heterocycles. The van der Waals surface area contributed by atoms with Crippen LogP contribution in [-0.2, 0) is 4.79 Å². The van der Waals surface area contributed by atoms with Crippen molar-refractivity contribution >= 4 is 33.4 Å². The number of hydrogen-bond acceptors (Lipinski definition) is 5. The molecule has 1 aliphatic rings. The number of primary amides is 1. The molecule has 0 aliphatic heterocycles. The van der Waals surface area contributed by atoms with E-state index < -0.39 is 5.92 Å². The Bertz CT molecular complexity index is 1050. The molecule has 0 radical (unpaired) electrons. The molecule has 0 bridgehead atoms. The largest absolute Gasteiger partial charge is 0.369 e. The average molecular weight is 490 g/mol. The van der Waals surface area contributed by atoms with Crippen LogP contribution in [0.4, 0.5) is 0 Å². The molecule has 30 heavy (non-hydrogen) atoms. The Balaban J connectivity index is 1.77. The lowest BCUT2D eigenvalue weighted by Crippen LogP contribution is -2.31. The summed E-state index contributed by atoms with van der Waals surface area (Å²) in [6, 6.07) is 9.45. The zero-order valence-corrected chi connectivity index (χ0v) is 18.8. The maximum atomic E-state index is 12.7. The fourth-order valence-electron chi connectivity index (χ4n) is 4.48. The minimum Gasteiger partial charge on any atom is -0.369 e. The third-order valence-corrected chi connectivity index (χ3v) is 6.62. The van der Waals surface area contributed by atoms with Gasteiger partial charge in [0.05, 0.1) is 16.6 Å². The predicted octanol–water partition coefficient (Wildman–Crippen LogP) is 4.32. The SMILES string of the molecule is Cc1nnnn1-c1ccc(C(C(N)=O)C(c2ccc(Br)cn2)C2CCCC2)cc1Cl. The van der Waals surface area contributed by atoms with E-state index in [1.807, 2.05) is 24.3 Å². The molecular formula is C21H22BrClN6O. The van der Waals surface area contributed by atoms with Gasteiger partial charge in [-0.1, -0.05) is 30.5 Å². The molecule has 2 atom stereocenters. The topological polar surface area (TPSA) is 99.6 Å². The molecule has 0 saturated heterocycles. The van der Waals surface area contributed by atoms with E-state index in [0.29, 0.717) is 22.5 Å². The van der Waals surface area contributed by atoms with Crippen LogP contribution in [0.2, 0.25) is 5.02 Å². The van der Waals surface area contributed by atoms with Gasteiger partial charge in [0.25, 0.3) is 0 Å². The Morgan fingerprint density at radius 2 is 2.03 bits per heavy atom. The fourth-order valence-corrected chi connectivity index (χ4v) is 4.98. The first-order valence-corrected chi connectivity index (χ1v) is 11.1. The van der Waals surface area contributed by atoms with Crippen molar-refractivity contribution in [2.45, 2.75) is 44.4 Å². The van der Waals surface area contributed by atoms with Crippen LogP contribution in [0.3, 0.4) is 0 Å². The third-order valence-electron chi connectivity index (χ3n) is 5.85. The Morgan fingerprint density at radius 1 is 1.27 bits per heavy atom. The molecule has 1 aromatic carbocycles. The molecule has 2 unspecified atom stereocenters. The van der Waals surface area contributed by atoms with Gasteiger partial charge in [-0.3, -0.25) is 9.78 Å². The summed E-state index contributed by atoms with van der Waals surface area (Å²) in [4.78, 5) is 17.3. The number of amides is 1. The van der Waals surface area contributed by atoms with Gasteiger partial charge in [-0.05, 0) is 81.9 Å². The molecule has 1 fully saturated rings. The monoisotopic (exact) mass is 488 g/mol. The van der Waals surface area contributed by atoms with E-state index in [4.69, 9.17) is 17.3 Å². The van der Waals surface area contributed by atoms with Crippen molar-refractivity contribution in [2.24, 2.45) is 11.7 Å². The highest BCUT2D eigenvalue weighted by Crippen LogP contribution is 2.45. The summed E-state index contributed by atoms with van der Waals surface area (Å²) in [6.45, 7) is 1.80. The number of aryl methyl sites for hydroxylation is 1. The maximum absolute atomic E-state index is 12.7. The number of rotatable bonds is 6. The zero-order valence-electron chi connectivity index (χ0n) is 16.5. The Kier molecular flexibility index (Phi) is 6.15. The third kappa shape index (κ3) is 4.11. The van der Waals surface area contributed by atoms with Crippen molar-refractivity contribution in [1.82, 2.24) is 25.2 Å². The van der Waals surface area contributed by atoms with Crippen LogP contribution in [-0.4, -0.2) is 31.1 Å². The van der Waals surface area contributed by atoms with Crippen LogP contribution in [0.25, 0.3) is 5.69 Å². The van der Waals surface area contributed by atoms with Gasteiger partial charge in [0, 0.05) is 22.3 Å². The second kappa shape index (κ2) is 8.81. The minimum atomic E-state index is -0.525. The smallest absolute Gasteiger partial charge is 0.225 e. The normalized spacial score (nSPS) is 16.5. The molecule has 9 heteroatoms. The van der Waals surface area contributed by atoms with E-state index in [-0.39, 0.29) is 11.8 Å². The van der Waals surface area contributed by atoms with Gasteiger partial charge < -0.3 is 5.73 Å². The maximum Gasteiger partial charge on any atom is 0.225 e. The first kappa shape index (κ1) is 20.9. The van der Waals surface area contributed by atoms with Crippen molar-refractivity contribution in [2.75, 3.05) is 0 Å². The molecule has 1 aliphatic carbocycles. The summed E-state index contributed by atoms with van der Waals surface area (Å²) < 4.78 is 2.46. The number of tetrazole rings is 1. The second-order valence-corrected chi connectivity index (χ2v) is 9.02. The highest BCUT2D eigenvalue weighted by atomic mass is 79.9. The molecule has 7 nitrogen and oxygen atoms in total. The standard InChI is InChI=1S/C21H22BrClN6O/c1-12-26-27-28-29(12)18-9-6-14(10-16(18)23)20(21(24)30)19(13-4-2-3-5-13)17-8-7-15(22)11-25-17/h6-11,13,19-20H,2-5H2,1H3,(H2,24,30). The quantitative estimate of drug-likeness (QED) is 0.556. The number of pyridine rings is 1. The molecular weight excluding hydrogens is 468 g/mol. The second-order valence-electron chi connectivity index (χ2n) is 7.70. The van der Waals surface area contributed by atoms with E-state index in [9.17, 15) is 4.79 Å². The van der Waals surface area contributed by atoms with Crippen LogP contribution in [0.15, 0.2) is 41.0 Å². The molecule has 0 spiro atoms. The Labute approximate surface area is 188 Å². The van der Waals surface area contributed by atoms with Crippen LogP contribution < -0.4 is 5.73 Å².